The monoisotopic (exact) mass is 540 g/mol. The molecule has 0 saturated heterocycles. The lowest BCUT2D eigenvalue weighted by Gasteiger charge is -2.29. The van der Waals surface area contributed by atoms with Crippen LogP contribution in [-0.2, 0) is 24.5 Å². The van der Waals surface area contributed by atoms with Crippen molar-refractivity contribution in [1.29, 1.82) is 0 Å². The highest BCUT2D eigenvalue weighted by molar-refractivity contribution is 5.98. The van der Waals surface area contributed by atoms with E-state index in [1.54, 1.807) is 13.2 Å². The molecule has 1 atom stereocenters. The molecule has 3 heterocycles. The number of aliphatic imine (C=N–C) groups is 1. The average Bonchev–Trinajstić information content (AvgIpc) is 3.21. The Morgan fingerprint density at radius 3 is 2.69 bits per heavy atom. The zero-order valence-electron chi connectivity index (χ0n) is 23.5. The summed E-state index contributed by atoms with van der Waals surface area (Å²) in [7, 11) is 3.53. The summed E-state index contributed by atoms with van der Waals surface area (Å²) in [6.45, 7) is 8.84. The van der Waals surface area contributed by atoms with Gasteiger partial charge in [0.2, 0.25) is 5.82 Å². The zero-order chi connectivity index (χ0) is 28.5. The van der Waals surface area contributed by atoms with Gasteiger partial charge in [-0.3, -0.25) is 9.39 Å². The largest absolute Gasteiger partial charge is 0.489 e. The van der Waals surface area contributed by atoms with Gasteiger partial charge in [0.25, 0.3) is 0 Å². The van der Waals surface area contributed by atoms with Crippen LogP contribution in [-0.4, -0.2) is 41.8 Å². The minimum Gasteiger partial charge on any atom is -0.489 e. The topological polar surface area (TPSA) is 112 Å². The van der Waals surface area contributed by atoms with E-state index in [9.17, 15) is 4.39 Å². The number of aromatic nitrogens is 2. The predicted molar refractivity (Wildman–Crippen MR) is 150 cm³/mol. The van der Waals surface area contributed by atoms with Crippen LogP contribution in [0.4, 0.5) is 8.78 Å². The highest BCUT2D eigenvalue weighted by Crippen LogP contribution is 2.42. The molecule has 4 rings (SSSR count). The fourth-order valence-electron chi connectivity index (χ4n) is 4.92. The first-order chi connectivity index (χ1) is 18.5. The van der Waals surface area contributed by atoms with Crippen LogP contribution in [0.1, 0.15) is 51.1 Å². The van der Waals surface area contributed by atoms with Gasteiger partial charge in [-0.25, -0.2) is 9.37 Å². The molecule has 1 aliphatic rings. The number of nitrogens with one attached hydrogen (secondary N) is 1. The van der Waals surface area contributed by atoms with Crippen LogP contribution in [0.5, 0.6) is 5.75 Å². The second kappa shape index (κ2) is 11.4. The van der Waals surface area contributed by atoms with Crippen molar-refractivity contribution in [1.82, 2.24) is 14.7 Å². The third kappa shape index (κ3) is 5.54. The van der Waals surface area contributed by atoms with Crippen molar-refractivity contribution in [3.63, 3.8) is 0 Å². The van der Waals surface area contributed by atoms with Gasteiger partial charge in [0.1, 0.15) is 5.65 Å². The molecular weight excluding hydrogens is 502 g/mol. The summed E-state index contributed by atoms with van der Waals surface area (Å²) < 4.78 is 44.1. The van der Waals surface area contributed by atoms with Gasteiger partial charge in [-0.05, 0) is 48.7 Å². The summed E-state index contributed by atoms with van der Waals surface area (Å²) in [6.07, 6.45) is 2.11. The molecule has 0 bridgehead atoms. The number of hydrogen-bond donors (Lipinski definition) is 3. The van der Waals surface area contributed by atoms with Crippen LogP contribution >= 0.6 is 0 Å². The second-order valence-corrected chi connectivity index (χ2v) is 10.9. The van der Waals surface area contributed by atoms with Crippen LogP contribution in [0, 0.1) is 17.0 Å². The molecule has 10 heteroatoms. The zero-order valence-corrected chi connectivity index (χ0v) is 23.5. The maximum Gasteiger partial charge on any atom is 0.201 e. The van der Waals surface area contributed by atoms with E-state index in [0.717, 1.165) is 22.6 Å². The first-order valence-electron chi connectivity index (χ1n) is 13.0. The Hall–Kier alpha value is -3.34. The molecule has 0 saturated carbocycles. The third-order valence-corrected chi connectivity index (χ3v) is 7.21. The van der Waals surface area contributed by atoms with Gasteiger partial charge >= 0.3 is 0 Å². The Labute approximate surface area is 228 Å². The Kier molecular flexibility index (Phi) is 8.39. The fourth-order valence-corrected chi connectivity index (χ4v) is 4.92. The fraction of sp³-hybridized carbons (Fsp3) is 0.448. The van der Waals surface area contributed by atoms with E-state index in [1.165, 1.54) is 6.07 Å². The molecule has 1 aliphatic heterocycles. The summed E-state index contributed by atoms with van der Waals surface area (Å²) in [4.78, 5) is 8.79. The Balaban J connectivity index is 1.78. The van der Waals surface area contributed by atoms with Crippen molar-refractivity contribution < 1.29 is 18.3 Å². The molecule has 5 N–H and O–H groups in total. The van der Waals surface area contributed by atoms with Crippen LogP contribution in [0.25, 0.3) is 16.8 Å². The first kappa shape index (κ1) is 28.7. The second-order valence-electron chi connectivity index (χ2n) is 10.9. The van der Waals surface area contributed by atoms with Gasteiger partial charge < -0.3 is 26.3 Å². The van der Waals surface area contributed by atoms with Gasteiger partial charge in [0.05, 0.1) is 37.4 Å². The number of pyridine rings is 1. The molecule has 0 fully saturated rings. The van der Waals surface area contributed by atoms with E-state index in [2.05, 4.69) is 15.3 Å². The molecular formula is C29H38F2N6O2. The highest BCUT2D eigenvalue weighted by atomic mass is 19.2. The number of hydrogen-bond acceptors (Lipinski definition) is 7. The number of ether oxygens (including phenoxy) is 2. The lowest BCUT2D eigenvalue weighted by molar-refractivity contribution is 0.106. The number of nitrogens with zero attached hydrogens (tertiary/aromatic N) is 3. The van der Waals surface area contributed by atoms with Gasteiger partial charge in [-0.15, -0.1) is 0 Å². The van der Waals surface area contributed by atoms with Crippen molar-refractivity contribution >= 4 is 11.4 Å². The van der Waals surface area contributed by atoms with E-state index in [-0.39, 0.29) is 31.0 Å². The van der Waals surface area contributed by atoms with Gasteiger partial charge in [-0.2, -0.15) is 4.39 Å². The van der Waals surface area contributed by atoms with Crippen molar-refractivity contribution in [2.24, 2.45) is 21.9 Å². The van der Waals surface area contributed by atoms with Crippen molar-refractivity contribution in [2.75, 3.05) is 20.7 Å². The quantitative estimate of drug-likeness (QED) is 0.364. The molecule has 0 radical (unpaired) electrons. The molecule has 2 aromatic heterocycles. The molecule has 39 heavy (non-hydrogen) atoms. The SMILES string of the molecule is CN=C(C)/C(CCOc1c(F)c(F)cc2c1-c1ccc3ncc(CNC)n3c1COC2)=C(\N)C(N)C(C)(C)C. The van der Waals surface area contributed by atoms with E-state index >= 15 is 4.39 Å². The normalized spacial score (nSPS) is 15.5. The van der Waals surface area contributed by atoms with E-state index in [4.69, 9.17) is 20.9 Å². The predicted octanol–water partition coefficient (Wildman–Crippen LogP) is 4.47. The standard InChI is InChI=1S/C29H38F2N6O2/c1-16(35-6)19(26(32)28(33)29(2,3)4)9-10-39-27-24-17(11-21(30)25(27)31)14-38-15-22-20(24)7-8-23-36-13-18(12-34-5)37(22)23/h7-8,11,13,28,34H,9-10,12,14-15,32-33H2,1-6H3/b26-19-,35-16?. The van der Waals surface area contributed by atoms with Crippen LogP contribution < -0.4 is 21.5 Å². The van der Waals surface area contributed by atoms with Crippen molar-refractivity contribution in [3.05, 3.63) is 64.3 Å². The number of rotatable bonds is 8. The average molecular weight is 541 g/mol. The van der Waals surface area contributed by atoms with Crippen LogP contribution in [0.15, 0.2) is 40.7 Å². The summed E-state index contributed by atoms with van der Waals surface area (Å²) in [5.74, 6) is -2.20. The van der Waals surface area contributed by atoms with Crippen LogP contribution in [0.3, 0.4) is 0 Å². The number of fused-ring (bicyclic) bond motifs is 5. The molecule has 8 nitrogen and oxygen atoms in total. The molecule has 1 unspecified atom stereocenters. The highest BCUT2D eigenvalue weighted by Gasteiger charge is 2.28. The number of imidazole rings is 1. The molecule has 210 valence electrons. The van der Waals surface area contributed by atoms with Gasteiger partial charge in [0.15, 0.2) is 11.6 Å². The molecule has 1 aromatic carbocycles. The van der Waals surface area contributed by atoms with Gasteiger partial charge in [0, 0.05) is 48.6 Å². The van der Waals surface area contributed by atoms with Crippen LogP contribution in [0.2, 0.25) is 0 Å². The minimum absolute atomic E-state index is 0.0427. The van der Waals surface area contributed by atoms with Crippen molar-refractivity contribution in [3.8, 4) is 16.9 Å². The summed E-state index contributed by atoms with van der Waals surface area (Å²) >= 11 is 0. The lowest BCUT2D eigenvalue weighted by Crippen LogP contribution is -2.41. The number of halogens is 2. The molecule has 3 aromatic rings. The smallest absolute Gasteiger partial charge is 0.201 e. The minimum atomic E-state index is -1.05. The maximum absolute atomic E-state index is 15.4. The summed E-state index contributed by atoms with van der Waals surface area (Å²) in [5, 5.41) is 3.14. The Morgan fingerprint density at radius 1 is 1.28 bits per heavy atom. The Morgan fingerprint density at radius 2 is 2.03 bits per heavy atom. The van der Waals surface area contributed by atoms with Crippen molar-refractivity contribution in [2.45, 2.75) is 59.9 Å². The number of nitrogens with two attached hydrogens (primary N) is 2. The lowest BCUT2D eigenvalue weighted by atomic mass is 9.83. The van der Waals surface area contributed by atoms with E-state index in [1.807, 2.05) is 51.3 Å². The van der Waals surface area contributed by atoms with E-state index < -0.39 is 17.7 Å². The molecule has 0 amide bonds. The van der Waals surface area contributed by atoms with Gasteiger partial charge in [-0.1, -0.05) is 20.8 Å². The summed E-state index contributed by atoms with van der Waals surface area (Å²) in [6, 6.07) is 4.48. The number of benzene rings is 1. The first-order valence-corrected chi connectivity index (χ1v) is 13.0. The molecule has 0 aliphatic carbocycles. The third-order valence-electron chi connectivity index (χ3n) is 7.21. The maximum atomic E-state index is 15.4. The van der Waals surface area contributed by atoms with E-state index in [0.29, 0.717) is 41.1 Å². The molecule has 0 spiro atoms. The summed E-state index contributed by atoms with van der Waals surface area (Å²) in [5.41, 5.74) is 18.7. The Bertz CT molecular complexity index is 1440.